The molecule has 0 fully saturated rings. The largest absolute Gasteiger partial charge is 0.384 e. The number of nitrogens with zero attached hydrogens (tertiary/aromatic N) is 1. The first-order valence-electron chi connectivity index (χ1n) is 5.09. The van der Waals surface area contributed by atoms with Crippen LogP contribution < -0.4 is 5.73 Å². The highest BCUT2D eigenvalue weighted by atomic mass is 32.1. The minimum absolute atomic E-state index is 0.610. The molecule has 0 saturated heterocycles. The molecule has 16 heavy (non-hydrogen) atoms. The maximum Gasteiger partial charge on any atom is 0.180 e. The van der Waals surface area contributed by atoms with Gasteiger partial charge in [0.05, 0.1) is 12.3 Å². The third kappa shape index (κ3) is 2.59. The Bertz CT molecular complexity index is 450. The molecule has 0 saturated carbocycles. The molecule has 1 heterocycles. The van der Waals surface area contributed by atoms with Gasteiger partial charge < -0.3 is 10.5 Å². The van der Waals surface area contributed by atoms with Gasteiger partial charge in [-0.3, -0.25) is 0 Å². The summed E-state index contributed by atoms with van der Waals surface area (Å²) in [6.45, 7) is 0.753. The molecule has 1 aromatic carbocycles. The number of hydrogen-bond acceptors (Lipinski definition) is 4. The van der Waals surface area contributed by atoms with Gasteiger partial charge in [-0.1, -0.05) is 24.3 Å². The van der Waals surface area contributed by atoms with Crippen molar-refractivity contribution in [2.24, 2.45) is 0 Å². The van der Waals surface area contributed by atoms with Gasteiger partial charge in [0, 0.05) is 18.1 Å². The molecule has 0 unspecified atom stereocenters. The molecular weight excluding hydrogens is 220 g/mol. The van der Waals surface area contributed by atoms with Crippen LogP contribution in [-0.4, -0.2) is 18.7 Å². The zero-order chi connectivity index (χ0) is 11.4. The van der Waals surface area contributed by atoms with E-state index < -0.39 is 0 Å². The zero-order valence-corrected chi connectivity index (χ0v) is 9.96. The quantitative estimate of drug-likeness (QED) is 0.884. The molecule has 1 aromatic heterocycles. The summed E-state index contributed by atoms with van der Waals surface area (Å²) in [7, 11) is 1.71. The number of rotatable bonds is 4. The predicted octanol–water partition coefficient (Wildman–Crippen LogP) is 2.58. The van der Waals surface area contributed by atoms with Gasteiger partial charge in [0.25, 0.3) is 0 Å². The molecule has 0 bridgehead atoms. The number of thiazole rings is 1. The molecule has 2 aromatic rings. The molecule has 0 atom stereocenters. The van der Waals surface area contributed by atoms with Crippen LogP contribution in [-0.2, 0) is 11.2 Å². The van der Waals surface area contributed by atoms with Gasteiger partial charge >= 0.3 is 0 Å². The molecule has 2 rings (SSSR count). The summed E-state index contributed by atoms with van der Waals surface area (Å²) in [6, 6.07) is 8.34. The van der Waals surface area contributed by atoms with Gasteiger partial charge in [0.15, 0.2) is 5.13 Å². The van der Waals surface area contributed by atoms with Gasteiger partial charge in [0.1, 0.15) is 0 Å². The van der Waals surface area contributed by atoms with Gasteiger partial charge in [-0.05, 0) is 12.0 Å². The van der Waals surface area contributed by atoms with Crippen molar-refractivity contribution < 1.29 is 4.74 Å². The molecule has 0 aliphatic rings. The molecule has 4 heteroatoms. The molecule has 0 amide bonds. The van der Waals surface area contributed by atoms with Crippen LogP contribution in [0.2, 0.25) is 0 Å². The van der Waals surface area contributed by atoms with Crippen LogP contribution in [0.4, 0.5) is 5.13 Å². The first kappa shape index (κ1) is 11.1. The summed E-state index contributed by atoms with van der Waals surface area (Å²) < 4.78 is 5.04. The smallest absolute Gasteiger partial charge is 0.180 e. The lowest BCUT2D eigenvalue weighted by molar-refractivity contribution is 0.202. The summed E-state index contributed by atoms with van der Waals surface area (Å²) in [4.78, 5) is 4.24. The van der Waals surface area contributed by atoms with E-state index in [4.69, 9.17) is 10.5 Å². The standard InChI is InChI=1S/C12H14N2OS/c1-15-7-6-9-2-4-10(5-3-9)11-8-16-12(13)14-11/h2-5,8H,6-7H2,1H3,(H2,13,14). The lowest BCUT2D eigenvalue weighted by Gasteiger charge is -2.01. The van der Waals surface area contributed by atoms with E-state index in [2.05, 4.69) is 29.2 Å². The Labute approximate surface area is 98.9 Å². The monoisotopic (exact) mass is 234 g/mol. The number of aromatic nitrogens is 1. The average Bonchev–Trinajstić information content (AvgIpc) is 2.74. The number of hydrogen-bond donors (Lipinski definition) is 1. The summed E-state index contributed by atoms with van der Waals surface area (Å²) in [5, 5.41) is 2.58. The van der Waals surface area contributed by atoms with Crippen LogP contribution in [0.3, 0.4) is 0 Å². The summed E-state index contributed by atoms with van der Waals surface area (Å²) in [5.74, 6) is 0. The first-order valence-corrected chi connectivity index (χ1v) is 5.97. The van der Waals surface area contributed by atoms with Crippen molar-refractivity contribution in [1.29, 1.82) is 0 Å². The number of ether oxygens (including phenoxy) is 1. The van der Waals surface area contributed by atoms with E-state index in [-0.39, 0.29) is 0 Å². The Balaban J connectivity index is 2.13. The minimum atomic E-state index is 0.610. The molecule has 0 aliphatic heterocycles. The Morgan fingerprint density at radius 2 is 2.06 bits per heavy atom. The normalized spacial score (nSPS) is 10.6. The zero-order valence-electron chi connectivity index (χ0n) is 9.14. The van der Waals surface area contributed by atoms with Crippen molar-refractivity contribution in [2.45, 2.75) is 6.42 Å². The highest BCUT2D eigenvalue weighted by Gasteiger charge is 2.02. The molecule has 0 radical (unpaired) electrons. The minimum Gasteiger partial charge on any atom is -0.384 e. The topological polar surface area (TPSA) is 48.1 Å². The van der Waals surface area contributed by atoms with Crippen molar-refractivity contribution in [3.05, 3.63) is 35.2 Å². The van der Waals surface area contributed by atoms with Gasteiger partial charge in [-0.2, -0.15) is 0 Å². The molecule has 2 N–H and O–H groups in total. The Kier molecular flexibility index (Phi) is 3.54. The molecule has 3 nitrogen and oxygen atoms in total. The third-order valence-electron chi connectivity index (χ3n) is 2.37. The van der Waals surface area contributed by atoms with Crippen LogP contribution in [0.15, 0.2) is 29.6 Å². The summed E-state index contributed by atoms with van der Waals surface area (Å²) in [6.07, 6.45) is 0.940. The molecule has 0 aliphatic carbocycles. The lowest BCUT2D eigenvalue weighted by Crippen LogP contribution is -1.93. The number of nitrogens with two attached hydrogens (primary N) is 1. The van der Waals surface area contributed by atoms with Crippen molar-refractivity contribution >= 4 is 16.5 Å². The van der Waals surface area contributed by atoms with Crippen LogP contribution in [0.1, 0.15) is 5.56 Å². The number of methoxy groups -OCH3 is 1. The molecule has 84 valence electrons. The Hall–Kier alpha value is -1.39. The van der Waals surface area contributed by atoms with E-state index in [1.165, 1.54) is 16.9 Å². The maximum absolute atomic E-state index is 5.60. The maximum atomic E-state index is 5.60. The highest BCUT2D eigenvalue weighted by Crippen LogP contribution is 2.23. The van der Waals surface area contributed by atoms with E-state index in [0.717, 1.165) is 24.3 Å². The van der Waals surface area contributed by atoms with E-state index in [0.29, 0.717) is 5.13 Å². The van der Waals surface area contributed by atoms with Gasteiger partial charge in [0.2, 0.25) is 0 Å². The number of nitrogen functional groups attached to an aromatic ring is 1. The Morgan fingerprint density at radius 3 is 2.62 bits per heavy atom. The van der Waals surface area contributed by atoms with Crippen LogP contribution in [0, 0.1) is 0 Å². The van der Waals surface area contributed by atoms with Crippen LogP contribution in [0.5, 0.6) is 0 Å². The first-order chi connectivity index (χ1) is 7.79. The van der Waals surface area contributed by atoms with Crippen molar-refractivity contribution in [2.75, 3.05) is 19.5 Å². The van der Waals surface area contributed by atoms with Gasteiger partial charge in [-0.25, -0.2) is 4.98 Å². The second kappa shape index (κ2) is 5.09. The number of anilines is 1. The van der Waals surface area contributed by atoms with Crippen LogP contribution in [0.25, 0.3) is 11.3 Å². The molecule has 0 spiro atoms. The lowest BCUT2D eigenvalue weighted by atomic mass is 10.1. The summed E-state index contributed by atoms with van der Waals surface area (Å²) >= 11 is 1.46. The SMILES string of the molecule is COCCc1ccc(-c2csc(N)n2)cc1. The fourth-order valence-electron chi connectivity index (χ4n) is 1.48. The fourth-order valence-corrected chi connectivity index (χ4v) is 2.05. The number of benzene rings is 1. The van der Waals surface area contributed by atoms with Crippen molar-refractivity contribution in [1.82, 2.24) is 4.98 Å². The predicted molar refractivity (Wildman–Crippen MR) is 67.5 cm³/mol. The van der Waals surface area contributed by atoms with E-state index in [1.807, 2.05) is 5.38 Å². The van der Waals surface area contributed by atoms with Crippen LogP contribution >= 0.6 is 11.3 Å². The van der Waals surface area contributed by atoms with E-state index in [1.54, 1.807) is 7.11 Å². The average molecular weight is 234 g/mol. The second-order valence-corrected chi connectivity index (χ2v) is 4.40. The van der Waals surface area contributed by atoms with Crippen molar-refractivity contribution in [3.63, 3.8) is 0 Å². The highest BCUT2D eigenvalue weighted by molar-refractivity contribution is 7.13. The van der Waals surface area contributed by atoms with E-state index in [9.17, 15) is 0 Å². The summed E-state index contributed by atoms with van der Waals surface area (Å²) in [5.41, 5.74) is 8.93. The van der Waals surface area contributed by atoms with E-state index >= 15 is 0 Å². The van der Waals surface area contributed by atoms with Gasteiger partial charge in [-0.15, -0.1) is 11.3 Å². The second-order valence-electron chi connectivity index (χ2n) is 3.51. The molecular formula is C12H14N2OS. The third-order valence-corrected chi connectivity index (χ3v) is 3.04. The van der Waals surface area contributed by atoms with Crippen molar-refractivity contribution in [3.8, 4) is 11.3 Å². The fraction of sp³-hybridized carbons (Fsp3) is 0.250. The Morgan fingerprint density at radius 1 is 1.31 bits per heavy atom.